The summed E-state index contributed by atoms with van der Waals surface area (Å²) < 4.78 is 2.26. The Labute approximate surface area is 238 Å². The fourth-order valence-corrected chi connectivity index (χ4v) is 5.41. The van der Waals surface area contributed by atoms with Crippen LogP contribution in [0, 0.1) is 25.2 Å². The van der Waals surface area contributed by atoms with Gasteiger partial charge in [0.2, 0.25) is 0 Å². The highest BCUT2D eigenvalue weighted by atomic mass is 15.0. The number of benzene rings is 5. The van der Waals surface area contributed by atoms with Crippen LogP contribution in [0.25, 0.3) is 61.7 Å². The fourth-order valence-electron chi connectivity index (χ4n) is 5.41. The number of hydrogen-bond acceptors (Lipinski definition) is 4. The molecule has 41 heavy (non-hydrogen) atoms. The highest BCUT2D eigenvalue weighted by molar-refractivity contribution is 6.09. The van der Waals surface area contributed by atoms with Crippen LogP contribution in [0.1, 0.15) is 16.7 Å². The molecule has 0 saturated heterocycles. The van der Waals surface area contributed by atoms with E-state index in [4.69, 9.17) is 15.0 Å². The lowest BCUT2D eigenvalue weighted by molar-refractivity contribution is 1.07. The Morgan fingerprint density at radius 1 is 0.561 bits per heavy atom. The SMILES string of the molecule is Cc1ccc2c(c1)c1cc(C)ccc1n2-c1ccc(C#N)c(-c2nc(-c3ccccc3)nc(-c3ccccc3)n2)c1. The number of hydrogen-bond donors (Lipinski definition) is 0. The first-order valence-electron chi connectivity index (χ1n) is 13.5. The summed E-state index contributed by atoms with van der Waals surface area (Å²) in [4.78, 5) is 14.6. The van der Waals surface area contributed by atoms with Gasteiger partial charge in [0.1, 0.15) is 0 Å². The molecule has 0 aliphatic heterocycles. The predicted octanol–water partition coefficient (Wildman–Crippen LogP) is 8.46. The van der Waals surface area contributed by atoms with Crippen molar-refractivity contribution in [3.8, 4) is 45.9 Å². The van der Waals surface area contributed by atoms with Gasteiger partial charge in [-0.15, -0.1) is 0 Å². The molecule has 0 radical (unpaired) electrons. The molecule has 0 fully saturated rings. The van der Waals surface area contributed by atoms with Crippen LogP contribution in [0.3, 0.4) is 0 Å². The highest BCUT2D eigenvalue weighted by Gasteiger charge is 2.18. The van der Waals surface area contributed by atoms with Crippen molar-refractivity contribution in [2.75, 3.05) is 0 Å². The van der Waals surface area contributed by atoms with E-state index in [1.54, 1.807) is 0 Å². The van der Waals surface area contributed by atoms with E-state index in [1.165, 1.54) is 21.9 Å². The van der Waals surface area contributed by atoms with Gasteiger partial charge in [-0.25, -0.2) is 15.0 Å². The molecule has 194 valence electrons. The van der Waals surface area contributed by atoms with Crippen molar-refractivity contribution in [1.29, 1.82) is 5.26 Å². The number of rotatable bonds is 4. The van der Waals surface area contributed by atoms with Crippen molar-refractivity contribution < 1.29 is 0 Å². The zero-order valence-corrected chi connectivity index (χ0v) is 22.7. The van der Waals surface area contributed by atoms with Gasteiger partial charge < -0.3 is 4.57 Å². The van der Waals surface area contributed by atoms with Crippen LogP contribution in [0.2, 0.25) is 0 Å². The molecular weight excluding hydrogens is 502 g/mol. The lowest BCUT2D eigenvalue weighted by atomic mass is 10.1. The minimum atomic E-state index is 0.462. The molecule has 5 aromatic carbocycles. The van der Waals surface area contributed by atoms with E-state index in [-0.39, 0.29) is 0 Å². The van der Waals surface area contributed by atoms with Gasteiger partial charge in [-0.05, 0) is 56.3 Å². The maximum absolute atomic E-state index is 10.2. The summed E-state index contributed by atoms with van der Waals surface area (Å²) >= 11 is 0. The summed E-state index contributed by atoms with van der Waals surface area (Å²) in [7, 11) is 0. The zero-order valence-electron chi connectivity index (χ0n) is 22.7. The molecule has 5 nitrogen and oxygen atoms in total. The lowest BCUT2D eigenvalue weighted by Gasteiger charge is -2.13. The highest BCUT2D eigenvalue weighted by Crippen LogP contribution is 2.35. The van der Waals surface area contributed by atoms with Crippen LogP contribution in [0.15, 0.2) is 115 Å². The molecule has 0 N–H and O–H groups in total. The average molecular weight is 528 g/mol. The van der Waals surface area contributed by atoms with E-state index >= 15 is 0 Å². The number of nitrogens with zero attached hydrogens (tertiary/aromatic N) is 5. The maximum Gasteiger partial charge on any atom is 0.165 e. The van der Waals surface area contributed by atoms with Gasteiger partial charge in [-0.2, -0.15) is 5.26 Å². The third-order valence-corrected chi connectivity index (χ3v) is 7.40. The third-order valence-electron chi connectivity index (χ3n) is 7.40. The van der Waals surface area contributed by atoms with Crippen molar-refractivity contribution in [2.45, 2.75) is 13.8 Å². The van der Waals surface area contributed by atoms with Crippen molar-refractivity contribution in [3.63, 3.8) is 0 Å². The fraction of sp³-hybridized carbons (Fsp3) is 0.0556. The van der Waals surface area contributed by atoms with E-state index in [9.17, 15) is 5.26 Å². The summed E-state index contributed by atoms with van der Waals surface area (Å²) in [5.41, 5.74) is 8.52. The summed E-state index contributed by atoms with van der Waals surface area (Å²) in [5, 5.41) is 12.6. The Kier molecular flexibility index (Phi) is 5.88. The molecule has 7 rings (SSSR count). The summed E-state index contributed by atoms with van der Waals surface area (Å²) in [6.45, 7) is 4.24. The van der Waals surface area contributed by atoms with Crippen molar-refractivity contribution in [2.24, 2.45) is 0 Å². The minimum absolute atomic E-state index is 0.462. The van der Waals surface area contributed by atoms with Crippen molar-refractivity contribution in [3.05, 3.63) is 132 Å². The first-order valence-corrected chi connectivity index (χ1v) is 13.5. The normalized spacial score (nSPS) is 11.1. The number of aromatic nitrogens is 4. The van der Waals surface area contributed by atoms with Gasteiger partial charge in [-0.1, -0.05) is 83.9 Å². The molecule has 2 heterocycles. The van der Waals surface area contributed by atoms with Gasteiger partial charge in [0.25, 0.3) is 0 Å². The van der Waals surface area contributed by atoms with Crippen LogP contribution in [0.4, 0.5) is 0 Å². The minimum Gasteiger partial charge on any atom is -0.309 e. The zero-order chi connectivity index (χ0) is 27.9. The Hall–Kier alpha value is -5.60. The van der Waals surface area contributed by atoms with E-state index < -0.39 is 0 Å². The first-order chi connectivity index (χ1) is 20.1. The Morgan fingerprint density at radius 3 is 1.59 bits per heavy atom. The molecule has 5 heteroatoms. The van der Waals surface area contributed by atoms with Crippen LogP contribution < -0.4 is 0 Å². The largest absolute Gasteiger partial charge is 0.309 e. The monoisotopic (exact) mass is 527 g/mol. The molecule has 0 aliphatic carbocycles. The van der Waals surface area contributed by atoms with Gasteiger partial charge in [-0.3, -0.25) is 0 Å². The predicted molar refractivity (Wildman–Crippen MR) is 165 cm³/mol. The molecule has 0 saturated carbocycles. The quantitative estimate of drug-likeness (QED) is 0.230. The topological polar surface area (TPSA) is 67.4 Å². The smallest absolute Gasteiger partial charge is 0.165 e. The lowest BCUT2D eigenvalue weighted by Crippen LogP contribution is -2.02. The van der Waals surface area contributed by atoms with E-state index in [1.807, 2.05) is 78.9 Å². The van der Waals surface area contributed by atoms with Gasteiger partial charge >= 0.3 is 0 Å². The van der Waals surface area contributed by atoms with E-state index in [0.29, 0.717) is 28.6 Å². The maximum atomic E-state index is 10.2. The standard InChI is InChI=1S/C36H25N5/c1-23-13-17-32-30(19-23)31-20-24(2)14-18-33(31)41(32)28-16-15-27(22-37)29(21-28)36-39-34(25-9-5-3-6-10-25)38-35(40-36)26-11-7-4-8-12-26/h3-21H,1-2H3. The van der Waals surface area contributed by atoms with Gasteiger partial charge in [0.05, 0.1) is 22.7 Å². The van der Waals surface area contributed by atoms with Crippen molar-refractivity contribution >= 4 is 21.8 Å². The molecule has 0 bridgehead atoms. The second kappa shape index (κ2) is 9.86. The van der Waals surface area contributed by atoms with Gasteiger partial charge in [0.15, 0.2) is 17.5 Å². The van der Waals surface area contributed by atoms with Crippen molar-refractivity contribution in [1.82, 2.24) is 19.5 Å². The van der Waals surface area contributed by atoms with Crippen LogP contribution in [-0.4, -0.2) is 19.5 Å². The first kappa shape index (κ1) is 24.4. The molecule has 2 aromatic heterocycles. The third kappa shape index (κ3) is 4.32. The molecule has 7 aromatic rings. The number of nitriles is 1. The van der Waals surface area contributed by atoms with E-state index in [0.717, 1.165) is 27.8 Å². The van der Waals surface area contributed by atoms with Crippen LogP contribution in [0.5, 0.6) is 0 Å². The number of aryl methyl sites for hydroxylation is 2. The molecule has 0 amide bonds. The molecule has 0 atom stereocenters. The number of fused-ring (bicyclic) bond motifs is 3. The Morgan fingerprint density at radius 2 is 1.07 bits per heavy atom. The van der Waals surface area contributed by atoms with Gasteiger partial charge in [0, 0.05) is 33.2 Å². The Balaban J connectivity index is 1.49. The molecule has 0 aliphatic rings. The second-order valence-electron chi connectivity index (χ2n) is 10.3. The average Bonchev–Trinajstić information content (AvgIpc) is 3.34. The molecule has 0 spiro atoms. The second-order valence-corrected chi connectivity index (χ2v) is 10.3. The molecule has 0 unspecified atom stereocenters. The summed E-state index contributed by atoms with van der Waals surface area (Å²) in [6.07, 6.45) is 0. The van der Waals surface area contributed by atoms with Crippen LogP contribution >= 0.6 is 0 Å². The Bertz CT molecular complexity index is 2000. The summed E-state index contributed by atoms with van der Waals surface area (Å²) in [5.74, 6) is 1.58. The molecular formula is C36H25N5. The van der Waals surface area contributed by atoms with E-state index in [2.05, 4.69) is 60.9 Å². The van der Waals surface area contributed by atoms with Crippen LogP contribution in [-0.2, 0) is 0 Å². The summed E-state index contributed by atoms with van der Waals surface area (Å²) in [6, 6.07) is 41.1.